The van der Waals surface area contributed by atoms with Gasteiger partial charge in [0.1, 0.15) is 6.26 Å². The lowest BCUT2D eigenvalue weighted by Gasteiger charge is -2.33. The molecule has 2 rings (SSSR count). The van der Waals surface area contributed by atoms with Crippen molar-refractivity contribution in [3.05, 3.63) is 23.7 Å². The van der Waals surface area contributed by atoms with Crippen LogP contribution in [0, 0.1) is 0 Å². The normalized spacial score (nSPS) is 19.8. The molecule has 0 aliphatic carbocycles. The van der Waals surface area contributed by atoms with Crippen molar-refractivity contribution in [1.82, 2.24) is 4.90 Å². The number of carbonyl (C=O) groups excluding carboxylic acids is 1. The summed E-state index contributed by atoms with van der Waals surface area (Å²) in [5.41, 5.74) is -0.0455. The Morgan fingerprint density at radius 3 is 2.83 bits per heavy atom. The van der Waals surface area contributed by atoms with E-state index in [1.54, 1.807) is 4.90 Å². The molecule has 0 spiro atoms. The Labute approximate surface area is 104 Å². The summed E-state index contributed by atoms with van der Waals surface area (Å²) in [6.07, 6.45) is 3.67. The zero-order valence-electron chi connectivity index (χ0n) is 9.83. The molecule has 1 unspecified atom stereocenters. The number of aliphatic hydroxyl groups excluding tert-OH is 1. The van der Waals surface area contributed by atoms with Gasteiger partial charge in [-0.2, -0.15) is 0 Å². The van der Waals surface area contributed by atoms with E-state index in [-0.39, 0.29) is 29.9 Å². The van der Waals surface area contributed by atoms with Crippen LogP contribution < -0.4 is 0 Å². The Kier molecular flexibility index (Phi) is 3.66. The van der Waals surface area contributed by atoms with E-state index in [0.717, 1.165) is 25.5 Å². The zero-order chi connectivity index (χ0) is 13.1. The van der Waals surface area contributed by atoms with E-state index in [9.17, 15) is 14.7 Å². The maximum absolute atomic E-state index is 12.1. The van der Waals surface area contributed by atoms with Crippen LogP contribution >= 0.6 is 0 Å². The number of likely N-dealkylation sites (tertiary alicyclic amines) is 1. The molecule has 1 atom stereocenters. The van der Waals surface area contributed by atoms with Gasteiger partial charge in [0.15, 0.2) is 5.76 Å². The van der Waals surface area contributed by atoms with Crippen molar-refractivity contribution in [3.8, 4) is 0 Å². The average Bonchev–Trinajstić information content (AvgIpc) is 2.87. The number of nitrogens with zero attached hydrogens (tertiary/aromatic N) is 1. The highest BCUT2D eigenvalue weighted by Crippen LogP contribution is 2.20. The van der Waals surface area contributed by atoms with Crippen LogP contribution in [0.5, 0.6) is 0 Å². The second kappa shape index (κ2) is 5.22. The zero-order valence-corrected chi connectivity index (χ0v) is 9.83. The fourth-order valence-electron chi connectivity index (χ4n) is 2.16. The summed E-state index contributed by atoms with van der Waals surface area (Å²) < 4.78 is 4.98. The number of aliphatic hydroxyl groups is 1. The molecule has 1 aromatic heterocycles. The van der Waals surface area contributed by atoms with Gasteiger partial charge >= 0.3 is 5.97 Å². The number of hydrogen-bond acceptors (Lipinski definition) is 4. The van der Waals surface area contributed by atoms with Crippen molar-refractivity contribution < 1.29 is 24.2 Å². The van der Waals surface area contributed by atoms with Gasteiger partial charge in [-0.3, -0.25) is 4.79 Å². The topological polar surface area (TPSA) is 91.0 Å². The van der Waals surface area contributed by atoms with E-state index >= 15 is 0 Å². The number of hydrogen-bond donors (Lipinski definition) is 2. The van der Waals surface area contributed by atoms with Crippen LogP contribution in [-0.2, 0) is 0 Å². The highest BCUT2D eigenvalue weighted by molar-refractivity contribution is 5.95. The molecule has 1 aromatic rings. The molecule has 1 aliphatic rings. The van der Waals surface area contributed by atoms with Gasteiger partial charge in [-0.05, 0) is 19.3 Å². The quantitative estimate of drug-likeness (QED) is 0.837. The molecular formula is C12H15NO5. The van der Waals surface area contributed by atoms with Crippen molar-refractivity contribution in [2.75, 3.05) is 13.2 Å². The van der Waals surface area contributed by atoms with E-state index < -0.39 is 5.97 Å². The summed E-state index contributed by atoms with van der Waals surface area (Å²) in [6, 6.07) is 1.01. The predicted molar refractivity (Wildman–Crippen MR) is 61.4 cm³/mol. The van der Waals surface area contributed by atoms with Crippen LogP contribution in [0.1, 0.15) is 40.2 Å². The van der Waals surface area contributed by atoms with Gasteiger partial charge in [0.25, 0.3) is 5.91 Å². The molecular weight excluding hydrogens is 238 g/mol. The molecule has 1 fully saturated rings. The number of carboxylic acid groups (broad SMARTS) is 1. The van der Waals surface area contributed by atoms with E-state index in [0.29, 0.717) is 6.54 Å². The van der Waals surface area contributed by atoms with Crippen LogP contribution in [0.3, 0.4) is 0 Å². The van der Waals surface area contributed by atoms with Crippen LogP contribution in [0.2, 0.25) is 0 Å². The van der Waals surface area contributed by atoms with Crippen molar-refractivity contribution >= 4 is 11.9 Å². The van der Waals surface area contributed by atoms with Gasteiger partial charge in [-0.15, -0.1) is 0 Å². The number of aromatic carboxylic acids is 1. The number of amides is 1. The van der Waals surface area contributed by atoms with Crippen LogP contribution in [0.4, 0.5) is 0 Å². The Hall–Kier alpha value is -1.82. The summed E-state index contributed by atoms with van der Waals surface area (Å²) >= 11 is 0. The SMILES string of the molecule is O=C(O)c1coc(C(=O)N2CCCCC2CO)c1. The molecule has 98 valence electrons. The molecule has 6 heteroatoms. The Morgan fingerprint density at radius 1 is 1.44 bits per heavy atom. The molecule has 1 saturated heterocycles. The Balaban J connectivity index is 2.15. The first kappa shape index (κ1) is 12.6. The molecule has 0 bridgehead atoms. The first-order valence-corrected chi connectivity index (χ1v) is 5.87. The van der Waals surface area contributed by atoms with Gasteiger partial charge in [-0.25, -0.2) is 4.79 Å². The van der Waals surface area contributed by atoms with Gasteiger partial charge in [0, 0.05) is 12.6 Å². The van der Waals surface area contributed by atoms with Crippen LogP contribution in [0.15, 0.2) is 16.7 Å². The summed E-state index contributed by atoms with van der Waals surface area (Å²) in [5.74, 6) is -1.48. The van der Waals surface area contributed by atoms with Gasteiger partial charge in [-0.1, -0.05) is 0 Å². The van der Waals surface area contributed by atoms with Gasteiger partial charge in [0.2, 0.25) is 0 Å². The minimum atomic E-state index is -1.13. The van der Waals surface area contributed by atoms with E-state index in [1.165, 1.54) is 6.07 Å². The minimum absolute atomic E-state index is 0.00718. The standard InChI is InChI=1S/C12H15NO5/c14-6-9-3-1-2-4-13(9)11(15)10-5-8(7-18-10)12(16)17/h5,7,9,14H,1-4,6H2,(H,16,17). The Morgan fingerprint density at radius 2 is 2.22 bits per heavy atom. The smallest absolute Gasteiger partial charge is 0.338 e. The molecule has 6 nitrogen and oxygen atoms in total. The number of furan rings is 1. The van der Waals surface area contributed by atoms with Gasteiger partial charge in [0.05, 0.1) is 18.2 Å². The molecule has 0 aromatic carbocycles. The second-order valence-corrected chi connectivity index (χ2v) is 4.34. The molecule has 18 heavy (non-hydrogen) atoms. The molecule has 0 radical (unpaired) electrons. The molecule has 1 amide bonds. The van der Waals surface area contributed by atoms with Crippen LogP contribution in [0.25, 0.3) is 0 Å². The lowest BCUT2D eigenvalue weighted by Crippen LogP contribution is -2.45. The van der Waals surface area contributed by atoms with E-state index in [4.69, 9.17) is 9.52 Å². The van der Waals surface area contributed by atoms with Crippen LogP contribution in [-0.4, -0.2) is 46.2 Å². The van der Waals surface area contributed by atoms with Gasteiger partial charge < -0.3 is 19.5 Å². The maximum Gasteiger partial charge on any atom is 0.338 e. The largest absolute Gasteiger partial charge is 0.478 e. The van der Waals surface area contributed by atoms with E-state index in [1.807, 2.05) is 0 Å². The lowest BCUT2D eigenvalue weighted by molar-refractivity contribution is 0.0473. The second-order valence-electron chi connectivity index (χ2n) is 4.34. The number of carbonyl (C=O) groups is 2. The highest BCUT2D eigenvalue weighted by atomic mass is 16.4. The summed E-state index contributed by atoms with van der Waals surface area (Å²) in [4.78, 5) is 24.4. The van der Waals surface area contributed by atoms with Crippen molar-refractivity contribution in [2.24, 2.45) is 0 Å². The third kappa shape index (κ3) is 2.38. The predicted octanol–water partition coefficient (Wildman–Crippen LogP) is 0.965. The monoisotopic (exact) mass is 253 g/mol. The number of carboxylic acids is 1. The third-order valence-electron chi connectivity index (χ3n) is 3.16. The van der Waals surface area contributed by atoms with Crippen molar-refractivity contribution in [2.45, 2.75) is 25.3 Å². The molecule has 2 N–H and O–H groups in total. The molecule has 1 aliphatic heterocycles. The molecule has 2 heterocycles. The fourth-order valence-corrected chi connectivity index (χ4v) is 2.16. The van der Waals surface area contributed by atoms with Crippen molar-refractivity contribution in [3.63, 3.8) is 0 Å². The lowest BCUT2D eigenvalue weighted by atomic mass is 10.0. The summed E-state index contributed by atoms with van der Waals surface area (Å²) in [5, 5.41) is 18.0. The third-order valence-corrected chi connectivity index (χ3v) is 3.16. The first-order valence-electron chi connectivity index (χ1n) is 5.87. The van der Waals surface area contributed by atoms with E-state index in [2.05, 4.69) is 0 Å². The summed E-state index contributed by atoms with van der Waals surface area (Å²) in [7, 11) is 0. The van der Waals surface area contributed by atoms with Crippen molar-refractivity contribution in [1.29, 1.82) is 0 Å². The highest BCUT2D eigenvalue weighted by Gasteiger charge is 2.29. The number of piperidine rings is 1. The first-order chi connectivity index (χ1) is 8.63. The maximum atomic E-state index is 12.1. The molecule has 0 saturated carbocycles. The fraction of sp³-hybridized carbons (Fsp3) is 0.500. The average molecular weight is 253 g/mol. The Bertz CT molecular complexity index is 453. The minimum Gasteiger partial charge on any atom is -0.478 e. The number of rotatable bonds is 3. The summed E-state index contributed by atoms with van der Waals surface area (Å²) in [6.45, 7) is 0.478.